The first-order valence-corrected chi connectivity index (χ1v) is 15.3. The predicted molar refractivity (Wildman–Crippen MR) is 161 cm³/mol. The van der Waals surface area contributed by atoms with Gasteiger partial charge in [-0.2, -0.15) is 5.26 Å². The highest BCUT2D eigenvalue weighted by Crippen LogP contribution is 2.47. The minimum Gasteiger partial charge on any atom is -0.494 e. The van der Waals surface area contributed by atoms with E-state index in [1.165, 1.54) is 28.7 Å². The van der Waals surface area contributed by atoms with Gasteiger partial charge in [-0.1, -0.05) is 54.3 Å². The number of nitrogens with two attached hydrogens (primary N) is 1. The molecule has 1 aliphatic heterocycles. The van der Waals surface area contributed by atoms with Crippen LogP contribution in [0.1, 0.15) is 50.2 Å². The largest absolute Gasteiger partial charge is 0.494 e. The van der Waals surface area contributed by atoms with Crippen molar-refractivity contribution in [3.8, 4) is 11.8 Å². The Kier molecular flexibility index (Phi) is 8.71. The normalized spacial score (nSPS) is 16.9. The topological polar surface area (TPSA) is 134 Å². The third-order valence-electron chi connectivity index (χ3n) is 7.00. The fourth-order valence-electron chi connectivity index (χ4n) is 5.06. The number of nitrogens with one attached hydrogen (secondary N) is 1. The van der Waals surface area contributed by atoms with E-state index in [0.717, 1.165) is 23.4 Å². The van der Waals surface area contributed by atoms with Crippen LogP contribution in [0.4, 0.5) is 10.8 Å². The number of nitriles is 1. The SMILES string of the molecule is CCOc1ccc(NC(=O)CSc2nnc(N3C(N)=C(C#N)C(c4ccc(CC)cc4)C4=C3CCCC4=O)s2)cc1. The molecule has 1 aliphatic carbocycles. The van der Waals surface area contributed by atoms with E-state index in [9.17, 15) is 14.9 Å². The van der Waals surface area contributed by atoms with Crippen molar-refractivity contribution in [2.45, 2.75) is 49.8 Å². The molecule has 41 heavy (non-hydrogen) atoms. The number of thioether (sulfide) groups is 1. The second kappa shape index (κ2) is 12.6. The Morgan fingerprint density at radius 3 is 2.61 bits per heavy atom. The van der Waals surface area contributed by atoms with E-state index >= 15 is 0 Å². The zero-order valence-corrected chi connectivity index (χ0v) is 24.5. The van der Waals surface area contributed by atoms with E-state index in [1.807, 2.05) is 31.2 Å². The number of ether oxygens (including phenoxy) is 1. The lowest BCUT2D eigenvalue weighted by Gasteiger charge is -2.38. The number of aryl methyl sites for hydroxylation is 1. The molecule has 5 rings (SSSR count). The number of amides is 1. The van der Waals surface area contributed by atoms with Crippen molar-refractivity contribution in [2.24, 2.45) is 5.73 Å². The van der Waals surface area contributed by atoms with Gasteiger partial charge in [-0.05, 0) is 61.6 Å². The Labute approximate surface area is 247 Å². The zero-order chi connectivity index (χ0) is 28.9. The quantitative estimate of drug-likeness (QED) is 0.310. The van der Waals surface area contributed by atoms with Crippen molar-refractivity contribution in [1.82, 2.24) is 10.2 Å². The first-order valence-electron chi connectivity index (χ1n) is 13.5. The van der Waals surface area contributed by atoms with E-state index in [4.69, 9.17) is 10.5 Å². The Morgan fingerprint density at radius 1 is 1.17 bits per heavy atom. The van der Waals surface area contributed by atoms with Crippen molar-refractivity contribution in [2.75, 3.05) is 22.6 Å². The average molecular weight is 587 g/mol. The van der Waals surface area contributed by atoms with Crippen LogP contribution >= 0.6 is 23.1 Å². The Bertz CT molecular complexity index is 1550. The summed E-state index contributed by atoms with van der Waals surface area (Å²) in [6.45, 7) is 4.57. The van der Waals surface area contributed by atoms with Gasteiger partial charge in [-0.3, -0.25) is 14.5 Å². The van der Waals surface area contributed by atoms with Gasteiger partial charge in [-0.15, -0.1) is 10.2 Å². The van der Waals surface area contributed by atoms with Gasteiger partial charge in [0.1, 0.15) is 11.6 Å². The molecule has 1 aromatic heterocycles. The highest BCUT2D eigenvalue weighted by molar-refractivity contribution is 8.01. The van der Waals surface area contributed by atoms with Gasteiger partial charge >= 0.3 is 0 Å². The highest BCUT2D eigenvalue weighted by atomic mass is 32.2. The van der Waals surface area contributed by atoms with Gasteiger partial charge < -0.3 is 15.8 Å². The minimum absolute atomic E-state index is 0.0196. The van der Waals surface area contributed by atoms with Crippen LogP contribution in [0.2, 0.25) is 0 Å². The summed E-state index contributed by atoms with van der Waals surface area (Å²) in [7, 11) is 0. The summed E-state index contributed by atoms with van der Waals surface area (Å²) in [5.74, 6) is 0.458. The van der Waals surface area contributed by atoms with Gasteiger partial charge in [0.05, 0.1) is 29.9 Å². The number of ketones is 1. The molecule has 0 fully saturated rings. The van der Waals surface area contributed by atoms with E-state index in [2.05, 4.69) is 28.5 Å². The van der Waals surface area contributed by atoms with Crippen molar-refractivity contribution >= 4 is 45.6 Å². The van der Waals surface area contributed by atoms with Gasteiger partial charge in [-0.25, -0.2) is 0 Å². The Hall–Kier alpha value is -4.14. The van der Waals surface area contributed by atoms with Crippen LogP contribution < -0.4 is 20.7 Å². The summed E-state index contributed by atoms with van der Waals surface area (Å²) >= 11 is 2.53. The smallest absolute Gasteiger partial charge is 0.234 e. The average Bonchev–Trinajstić information content (AvgIpc) is 3.45. The molecular formula is C30H30N6O3S2. The lowest BCUT2D eigenvalue weighted by Crippen LogP contribution is -2.38. The summed E-state index contributed by atoms with van der Waals surface area (Å²) in [6, 6.07) is 17.5. The molecule has 0 saturated heterocycles. The second-order valence-corrected chi connectivity index (χ2v) is 11.7. The van der Waals surface area contributed by atoms with Crippen LogP contribution in [0.15, 0.2) is 75.5 Å². The first-order chi connectivity index (χ1) is 19.9. The van der Waals surface area contributed by atoms with Crippen LogP contribution in [0.3, 0.4) is 0 Å². The molecule has 2 aliphatic rings. The summed E-state index contributed by atoms with van der Waals surface area (Å²) in [4.78, 5) is 27.6. The summed E-state index contributed by atoms with van der Waals surface area (Å²) in [6.07, 6.45) is 2.65. The number of nitrogens with zero attached hydrogens (tertiary/aromatic N) is 4. The lowest BCUT2D eigenvalue weighted by atomic mass is 9.75. The number of Topliss-reactive ketones (excluding diaryl/α,β-unsaturated/α-hetero) is 1. The molecule has 9 nitrogen and oxygen atoms in total. The van der Waals surface area contributed by atoms with Gasteiger partial charge in [0.25, 0.3) is 0 Å². The van der Waals surface area contributed by atoms with Crippen LogP contribution in [-0.2, 0) is 16.0 Å². The summed E-state index contributed by atoms with van der Waals surface area (Å²) < 4.78 is 6.01. The standard InChI is InChI=1S/C30H30N6O3S2/c1-3-18-8-10-19(11-9-18)26-22(16-31)28(32)36(23-6-5-7-24(37)27(23)26)29-34-35-30(41-29)40-17-25(38)33-20-12-14-21(15-13-20)39-4-2/h8-15,26H,3-7,17,32H2,1-2H3,(H,33,38). The molecule has 1 atom stereocenters. The van der Waals surface area contributed by atoms with Gasteiger partial charge in [0.2, 0.25) is 11.0 Å². The number of hydrogen-bond donors (Lipinski definition) is 2. The number of aromatic nitrogens is 2. The second-order valence-electron chi connectivity index (χ2n) is 9.56. The lowest BCUT2D eigenvalue weighted by molar-refractivity contribution is -0.116. The maximum atomic E-state index is 13.3. The number of carbonyl (C=O) groups excluding carboxylic acids is 2. The van der Waals surface area contributed by atoms with Crippen LogP contribution in [0, 0.1) is 11.3 Å². The Balaban J connectivity index is 1.36. The van der Waals surface area contributed by atoms with Crippen LogP contribution in [0.25, 0.3) is 0 Å². The number of rotatable bonds is 9. The molecule has 0 radical (unpaired) electrons. The monoisotopic (exact) mass is 586 g/mol. The molecule has 210 valence electrons. The zero-order valence-electron chi connectivity index (χ0n) is 22.8. The van der Waals surface area contributed by atoms with E-state index in [0.29, 0.717) is 52.2 Å². The van der Waals surface area contributed by atoms with E-state index in [1.54, 1.807) is 29.2 Å². The number of benzene rings is 2. The van der Waals surface area contributed by atoms with E-state index in [-0.39, 0.29) is 23.3 Å². The molecule has 2 heterocycles. The number of anilines is 2. The fourth-order valence-corrected chi connectivity index (χ4v) is 6.74. The summed E-state index contributed by atoms with van der Waals surface area (Å²) in [5.41, 5.74) is 11.1. The molecule has 3 N–H and O–H groups in total. The van der Waals surface area contributed by atoms with Crippen molar-refractivity contribution < 1.29 is 14.3 Å². The maximum absolute atomic E-state index is 13.3. The Morgan fingerprint density at radius 2 is 1.93 bits per heavy atom. The molecule has 1 amide bonds. The van der Waals surface area contributed by atoms with Crippen LogP contribution in [0.5, 0.6) is 5.75 Å². The minimum atomic E-state index is -0.516. The number of hydrogen-bond acceptors (Lipinski definition) is 10. The predicted octanol–water partition coefficient (Wildman–Crippen LogP) is 5.53. The number of allylic oxidation sites excluding steroid dienone is 3. The van der Waals surface area contributed by atoms with Gasteiger partial charge in [0, 0.05) is 23.4 Å². The first kappa shape index (κ1) is 28.4. The van der Waals surface area contributed by atoms with E-state index < -0.39 is 5.92 Å². The molecule has 2 aromatic carbocycles. The molecule has 11 heteroatoms. The third-order valence-corrected chi connectivity index (χ3v) is 9.04. The van der Waals surface area contributed by atoms with Crippen molar-refractivity contribution in [1.29, 1.82) is 5.26 Å². The molecular weight excluding hydrogens is 557 g/mol. The summed E-state index contributed by atoms with van der Waals surface area (Å²) in [5, 5.41) is 22.1. The molecule has 0 spiro atoms. The van der Waals surface area contributed by atoms with Crippen molar-refractivity contribution in [3.63, 3.8) is 0 Å². The molecule has 1 unspecified atom stereocenters. The molecule has 0 bridgehead atoms. The van der Waals surface area contributed by atoms with Gasteiger partial charge in [0.15, 0.2) is 10.1 Å². The highest BCUT2D eigenvalue weighted by Gasteiger charge is 2.41. The van der Waals surface area contributed by atoms with Crippen molar-refractivity contribution in [3.05, 3.63) is 82.3 Å². The van der Waals surface area contributed by atoms with Crippen LogP contribution in [-0.4, -0.2) is 34.2 Å². The molecule has 3 aromatic rings. The molecule has 0 saturated carbocycles. The number of carbonyl (C=O) groups is 2. The third kappa shape index (κ3) is 5.99. The maximum Gasteiger partial charge on any atom is 0.234 e. The fraction of sp³-hybridized carbons (Fsp3) is 0.300.